The lowest BCUT2D eigenvalue weighted by molar-refractivity contribution is -0.178. The average molecular weight is 343 g/mol. The first-order chi connectivity index (χ1) is 9.32. The van der Waals surface area contributed by atoms with E-state index in [0.717, 1.165) is 0 Å². The summed E-state index contributed by atoms with van der Waals surface area (Å²) in [6.07, 6.45) is -12.3. The SMILES string of the molecule is CCC(CCC(F)(SCCC(F)(F)F)C(N)=O)C(F)(F)F. The molecule has 0 heterocycles. The Labute approximate surface area is 121 Å². The topological polar surface area (TPSA) is 43.1 Å². The Kier molecular flexibility index (Phi) is 7.31. The van der Waals surface area contributed by atoms with E-state index in [1.165, 1.54) is 6.92 Å². The van der Waals surface area contributed by atoms with E-state index in [-0.39, 0.29) is 18.2 Å². The number of hydrogen-bond acceptors (Lipinski definition) is 2. The second-order valence-electron chi connectivity index (χ2n) is 4.49. The largest absolute Gasteiger partial charge is 0.391 e. The van der Waals surface area contributed by atoms with Gasteiger partial charge in [-0.05, 0) is 12.8 Å². The lowest BCUT2D eigenvalue weighted by Gasteiger charge is -2.25. The van der Waals surface area contributed by atoms with Crippen LogP contribution in [0.5, 0.6) is 0 Å². The molecule has 0 aliphatic carbocycles. The van der Waals surface area contributed by atoms with Crippen molar-refractivity contribution in [3.63, 3.8) is 0 Å². The Morgan fingerprint density at radius 2 is 1.62 bits per heavy atom. The summed E-state index contributed by atoms with van der Waals surface area (Å²) in [4.78, 5) is 11.0. The fourth-order valence-corrected chi connectivity index (χ4v) is 2.62. The molecule has 0 saturated carbocycles. The van der Waals surface area contributed by atoms with Gasteiger partial charge in [0, 0.05) is 12.2 Å². The van der Waals surface area contributed by atoms with Crippen molar-refractivity contribution < 1.29 is 35.5 Å². The van der Waals surface area contributed by atoms with E-state index in [2.05, 4.69) is 0 Å². The van der Waals surface area contributed by atoms with Gasteiger partial charge in [0.05, 0.1) is 12.3 Å². The summed E-state index contributed by atoms with van der Waals surface area (Å²) in [5.74, 6) is -4.17. The molecule has 1 amide bonds. The average Bonchev–Trinajstić information content (AvgIpc) is 2.25. The maximum atomic E-state index is 14.1. The highest BCUT2D eigenvalue weighted by Gasteiger charge is 2.43. The van der Waals surface area contributed by atoms with Crippen molar-refractivity contribution in [1.82, 2.24) is 0 Å². The molecule has 0 aromatic carbocycles. The monoisotopic (exact) mass is 343 g/mol. The molecule has 0 bridgehead atoms. The van der Waals surface area contributed by atoms with Crippen molar-refractivity contribution in [3.8, 4) is 0 Å². The predicted octanol–water partition coefficient (Wildman–Crippen LogP) is 4.19. The van der Waals surface area contributed by atoms with Gasteiger partial charge in [-0.15, -0.1) is 11.8 Å². The summed E-state index contributed by atoms with van der Waals surface area (Å²) in [5.41, 5.74) is 4.76. The summed E-state index contributed by atoms with van der Waals surface area (Å²) >= 11 is -0.00662. The van der Waals surface area contributed by atoms with Crippen LogP contribution in [0.4, 0.5) is 30.7 Å². The number of alkyl halides is 7. The molecule has 2 atom stereocenters. The van der Waals surface area contributed by atoms with E-state index in [4.69, 9.17) is 5.73 Å². The van der Waals surface area contributed by atoms with Gasteiger partial charge in [0.15, 0.2) is 0 Å². The lowest BCUT2D eigenvalue weighted by atomic mass is 9.98. The van der Waals surface area contributed by atoms with Crippen molar-refractivity contribution in [2.75, 3.05) is 5.75 Å². The fraction of sp³-hybridized carbons (Fsp3) is 0.909. The number of halogens is 7. The highest BCUT2D eigenvalue weighted by Crippen LogP contribution is 2.39. The van der Waals surface area contributed by atoms with Gasteiger partial charge in [0.1, 0.15) is 0 Å². The molecule has 2 unspecified atom stereocenters. The molecule has 10 heteroatoms. The molecule has 126 valence electrons. The molecule has 2 nitrogen and oxygen atoms in total. The van der Waals surface area contributed by atoms with E-state index in [1.807, 2.05) is 0 Å². The standard InChI is InChI=1S/C11H16F7NOS/c1-2-7(11(16,17)18)3-4-9(12,8(19)20)21-6-5-10(13,14)15/h7H,2-6H2,1H3,(H2,19,20). The van der Waals surface area contributed by atoms with Crippen LogP contribution >= 0.6 is 11.8 Å². The second kappa shape index (κ2) is 7.55. The van der Waals surface area contributed by atoms with E-state index in [1.54, 1.807) is 0 Å². The minimum atomic E-state index is -4.55. The molecule has 0 saturated heterocycles. The highest BCUT2D eigenvalue weighted by atomic mass is 32.2. The molecule has 0 aromatic rings. The van der Waals surface area contributed by atoms with Gasteiger partial charge in [-0.2, -0.15) is 26.3 Å². The molecule has 0 rings (SSSR count). The molecular weight excluding hydrogens is 327 g/mol. The number of nitrogens with two attached hydrogens (primary N) is 1. The third-order valence-corrected chi connectivity index (χ3v) is 4.13. The normalized spacial score (nSPS) is 17.3. The van der Waals surface area contributed by atoms with Crippen LogP contribution < -0.4 is 5.73 Å². The molecule has 0 spiro atoms. The quantitative estimate of drug-likeness (QED) is 0.672. The minimum absolute atomic E-state index is 0.00662. The molecule has 0 aliphatic heterocycles. The van der Waals surface area contributed by atoms with Gasteiger partial charge in [-0.25, -0.2) is 4.39 Å². The Hall–Kier alpha value is -0.670. The van der Waals surface area contributed by atoms with E-state index >= 15 is 0 Å². The Morgan fingerprint density at radius 1 is 1.10 bits per heavy atom. The molecule has 0 aromatic heterocycles. The predicted molar refractivity (Wildman–Crippen MR) is 65.2 cm³/mol. The Bertz CT molecular complexity index is 344. The maximum Gasteiger partial charge on any atom is 0.391 e. The second-order valence-corrected chi connectivity index (χ2v) is 5.84. The number of hydrogen-bond donors (Lipinski definition) is 1. The number of rotatable bonds is 8. The van der Waals surface area contributed by atoms with Gasteiger partial charge < -0.3 is 5.73 Å². The lowest BCUT2D eigenvalue weighted by Crippen LogP contribution is -2.38. The van der Waals surface area contributed by atoms with Gasteiger partial charge in [0.2, 0.25) is 5.00 Å². The number of primary amides is 1. The van der Waals surface area contributed by atoms with Gasteiger partial charge in [0.25, 0.3) is 5.91 Å². The van der Waals surface area contributed by atoms with Crippen LogP contribution in [-0.2, 0) is 4.79 Å². The van der Waals surface area contributed by atoms with Crippen LogP contribution in [0.25, 0.3) is 0 Å². The maximum absolute atomic E-state index is 14.1. The van der Waals surface area contributed by atoms with Crippen LogP contribution in [-0.4, -0.2) is 29.0 Å². The summed E-state index contributed by atoms with van der Waals surface area (Å²) < 4.78 is 87.5. The zero-order chi connectivity index (χ0) is 16.9. The zero-order valence-corrected chi connectivity index (χ0v) is 12.0. The van der Waals surface area contributed by atoms with Crippen molar-refractivity contribution in [2.45, 2.75) is 50.0 Å². The van der Waals surface area contributed by atoms with Gasteiger partial charge in [-0.1, -0.05) is 6.92 Å². The highest BCUT2D eigenvalue weighted by molar-refractivity contribution is 8.01. The molecule has 0 radical (unpaired) electrons. The van der Waals surface area contributed by atoms with Crippen LogP contribution in [0.1, 0.15) is 32.6 Å². The van der Waals surface area contributed by atoms with E-state index in [0.29, 0.717) is 0 Å². The first kappa shape index (κ1) is 20.3. The van der Waals surface area contributed by atoms with Crippen LogP contribution in [0.3, 0.4) is 0 Å². The number of carbonyl (C=O) groups excluding carboxylic acids is 1. The number of amides is 1. The summed E-state index contributed by atoms with van der Waals surface area (Å²) in [5, 5.41) is -2.93. The third-order valence-electron chi connectivity index (χ3n) is 2.85. The fourth-order valence-electron chi connectivity index (χ4n) is 1.55. The first-order valence-corrected chi connectivity index (χ1v) is 7.06. The van der Waals surface area contributed by atoms with Crippen molar-refractivity contribution in [2.24, 2.45) is 11.7 Å². The summed E-state index contributed by atoms with van der Waals surface area (Å²) in [6, 6.07) is 0. The van der Waals surface area contributed by atoms with Crippen LogP contribution in [0, 0.1) is 5.92 Å². The Balaban J connectivity index is 4.63. The third kappa shape index (κ3) is 7.77. The van der Waals surface area contributed by atoms with Crippen molar-refractivity contribution in [1.29, 1.82) is 0 Å². The molecule has 2 N–H and O–H groups in total. The summed E-state index contributed by atoms with van der Waals surface area (Å²) in [6.45, 7) is 1.25. The molecule has 21 heavy (non-hydrogen) atoms. The van der Waals surface area contributed by atoms with Crippen molar-refractivity contribution >= 4 is 17.7 Å². The van der Waals surface area contributed by atoms with Gasteiger partial charge >= 0.3 is 12.4 Å². The molecule has 0 fully saturated rings. The Morgan fingerprint density at radius 3 is 1.95 bits per heavy atom. The first-order valence-electron chi connectivity index (χ1n) is 6.08. The van der Waals surface area contributed by atoms with Crippen LogP contribution in [0.15, 0.2) is 0 Å². The van der Waals surface area contributed by atoms with E-state index in [9.17, 15) is 35.5 Å². The van der Waals surface area contributed by atoms with Crippen molar-refractivity contribution in [3.05, 3.63) is 0 Å². The van der Waals surface area contributed by atoms with Crippen LogP contribution in [0.2, 0.25) is 0 Å². The van der Waals surface area contributed by atoms with E-state index < -0.39 is 54.2 Å². The minimum Gasteiger partial charge on any atom is -0.366 e. The molecular formula is C11H16F7NOS. The molecule has 0 aliphatic rings. The smallest absolute Gasteiger partial charge is 0.366 e. The van der Waals surface area contributed by atoms with Gasteiger partial charge in [-0.3, -0.25) is 4.79 Å². The zero-order valence-electron chi connectivity index (χ0n) is 11.2. The summed E-state index contributed by atoms with van der Waals surface area (Å²) in [7, 11) is 0. The number of carbonyl (C=O) groups is 1. The number of thioether (sulfide) groups is 1.